The molecule has 1 heterocycles. The first-order valence-corrected chi connectivity index (χ1v) is 7.30. The summed E-state index contributed by atoms with van der Waals surface area (Å²) in [7, 11) is 0. The molecule has 20 heavy (non-hydrogen) atoms. The van der Waals surface area contributed by atoms with Gasteiger partial charge in [0.2, 0.25) is 0 Å². The minimum absolute atomic E-state index is 0.184. The highest BCUT2D eigenvalue weighted by Gasteiger charge is 2.22. The lowest BCUT2D eigenvalue weighted by atomic mass is 9.87. The molecule has 1 aromatic rings. The van der Waals surface area contributed by atoms with Crippen LogP contribution in [0.1, 0.15) is 49.9 Å². The SMILES string of the molecule is CCNc1ncc(F)cc1C(=O)NC1CCCC(C)C1. The lowest BCUT2D eigenvalue weighted by Gasteiger charge is -2.27. The van der Waals surface area contributed by atoms with Gasteiger partial charge < -0.3 is 10.6 Å². The van der Waals surface area contributed by atoms with E-state index >= 15 is 0 Å². The smallest absolute Gasteiger partial charge is 0.255 e. The van der Waals surface area contributed by atoms with E-state index in [-0.39, 0.29) is 17.5 Å². The van der Waals surface area contributed by atoms with Crippen molar-refractivity contribution in [3.63, 3.8) is 0 Å². The molecule has 0 bridgehead atoms. The van der Waals surface area contributed by atoms with Crippen LogP contribution in [0.15, 0.2) is 12.3 Å². The molecule has 1 aliphatic carbocycles. The van der Waals surface area contributed by atoms with Crippen LogP contribution in [0.3, 0.4) is 0 Å². The Kier molecular flexibility index (Phi) is 4.93. The number of nitrogens with one attached hydrogen (secondary N) is 2. The third-order valence-corrected chi connectivity index (χ3v) is 3.71. The van der Waals surface area contributed by atoms with Crippen LogP contribution < -0.4 is 10.6 Å². The number of nitrogens with zero attached hydrogens (tertiary/aromatic N) is 1. The van der Waals surface area contributed by atoms with Gasteiger partial charge in [-0.15, -0.1) is 0 Å². The summed E-state index contributed by atoms with van der Waals surface area (Å²) in [5.74, 6) is 0.337. The zero-order valence-electron chi connectivity index (χ0n) is 12.1. The fraction of sp³-hybridized carbons (Fsp3) is 0.600. The van der Waals surface area contributed by atoms with E-state index in [1.807, 2.05) is 6.92 Å². The maximum absolute atomic E-state index is 13.3. The van der Waals surface area contributed by atoms with Gasteiger partial charge in [-0.25, -0.2) is 9.37 Å². The number of halogens is 1. The zero-order valence-corrected chi connectivity index (χ0v) is 12.1. The Morgan fingerprint density at radius 2 is 2.30 bits per heavy atom. The van der Waals surface area contributed by atoms with Crippen molar-refractivity contribution in [1.82, 2.24) is 10.3 Å². The summed E-state index contributed by atoms with van der Waals surface area (Å²) in [6.45, 7) is 4.75. The molecular formula is C15H22FN3O. The Labute approximate surface area is 119 Å². The quantitative estimate of drug-likeness (QED) is 0.891. The second-order valence-corrected chi connectivity index (χ2v) is 5.52. The van der Waals surface area contributed by atoms with Crippen LogP contribution in [0.5, 0.6) is 0 Å². The molecule has 0 saturated heterocycles. The fourth-order valence-electron chi connectivity index (χ4n) is 2.75. The van der Waals surface area contributed by atoms with Gasteiger partial charge in [-0.1, -0.05) is 19.8 Å². The third-order valence-electron chi connectivity index (χ3n) is 3.71. The minimum atomic E-state index is -0.492. The van der Waals surface area contributed by atoms with Crippen LogP contribution in [0, 0.1) is 11.7 Å². The van der Waals surface area contributed by atoms with E-state index in [0.29, 0.717) is 18.3 Å². The second kappa shape index (κ2) is 6.68. The number of pyridine rings is 1. The minimum Gasteiger partial charge on any atom is -0.370 e. The first kappa shape index (κ1) is 14.8. The number of hydrogen-bond acceptors (Lipinski definition) is 3. The van der Waals surface area contributed by atoms with Gasteiger partial charge in [0.15, 0.2) is 0 Å². The number of carbonyl (C=O) groups excluding carboxylic acids is 1. The summed E-state index contributed by atoms with van der Waals surface area (Å²) in [4.78, 5) is 16.3. The highest BCUT2D eigenvalue weighted by Crippen LogP contribution is 2.24. The van der Waals surface area contributed by atoms with Crippen molar-refractivity contribution >= 4 is 11.7 Å². The Morgan fingerprint density at radius 3 is 3.00 bits per heavy atom. The van der Waals surface area contributed by atoms with Crippen LogP contribution in [0.4, 0.5) is 10.2 Å². The van der Waals surface area contributed by atoms with Crippen molar-refractivity contribution in [2.24, 2.45) is 5.92 Å². The summed E-state index contributed by atoms with van der Waals surface area (Å²) in [6, 6.07) is 1.43. The van der Waals surface area contributed by atoms with E-state index in [1.165, 1.54) is 12.5 Å². The normalized spacial score (nSPS) is 22.4. The molecule has 2 unspecified atom stereocenters. The van der Waals surface area contributed by atoms with Crippen molar-refractivity contribution in [3.05, 3.63) is 23.6 Å². The average molecular weight is 279 g/mol. The number of carbonyl (C=O) groups is 1. The summed E-state index contributed by atoms with van der Waals surface area (Å²) >= 11 is 0. The standard InChI is InChI=1S/C15H22FN3O/c1-3-17-14-13(8-11(16)9-18-14)15(20)19-12-6-4-5-10(2)7-12/h8-10,12H,3-7H2,1-2H3,(H,17,18)(H,19,20). The van der Waals surface area contributed by atoms with Crippen LogP contribution in [0.25, 0.3) is 0 Å². The van der Waals surface area contributed by atoms with Crippen molar-refractivity contribution in [2.45, 2.75) is 45.6 Å². The maximum Gasteiger partial charge on any atom is 0.255 e. The van der Waals surface area contributed by atoms with E-state index in [4.69, 9.17) is 0 Å². The van der Waals surface area contributed by atoms with Crippen LogP contribution >= 0.6 is 0 Å². The Balaban J connectivity index is 2.09. The lowest BCUT2D eigenvalue weighted by Crippen LogP contribution is -2.38. The number of aromatic nitrogens is 1. The summed E-state index contributed by atoms with van der Waals surface area (Å²) < 4.78 is 13.3. The molecule has 1 fully saturated rings. The second-order valence-electron chi connectivity index (χ2n) is 5.52. The van der Waals surface area contributed by atoms with Crippen molar-refractivity contribution in [1.29, 1.82) is 0 Å². The molecule has 0 spiro atoms. The molecule has 5 heteroatoms. The van der Waals surface area contributed by atoms with E-state index in [0.717, 1.165) is 25.5 Å². The number of amides is 1. The van der Waals surface area contributed by atoms with Gasteiger partial charge in [-0.05, 0) is 31.7 Å². The molecule has 2 atom stereocenters. The van der Waals surface area contributed by atoms with Gasteiger partial charge in [0.25, 0.3) is 5.91 Å². The Morgan fingerprint density at radius 1 is 1.50 bits per heavy atom. The molecule has 0 aliphatic heterocycles. The predicted octanol–water partition coefficient (Wildman–Crippen LogP) is 2.96. The summed E-state index contributed by atoms with van der Waals surface area (Å²) in [5.41, 5.74) is 0.282. The fourth-order valence-corrected chi connectivity index (χ4v) is 2.75. The van der Waals surface area contributed by atoms with Crippen LogP contribution in [-0.4, -0.2) is 23.5 Å². The van der Waals surface area contributed by atoms with Gasteiger partial charge in [0.05, 0.1) is 11.8 Å². The molecule has 4 nitrogen and oxygen atoms in total. The third kappa shape index (κ3) is 3.68. The zero-order chi connectivity index (χ0) is 14.5. The van der Waals surface area contributed by atoms with Crippen molar-refractivity contribution in [3.8, 4) is 0 Å². The van der Waals surface area contributed by atoms with E-state index < -0.39 is 5.82 Å². The first-order valence-electron chi connectivity index (χ1n) is 7.30. The van der Waals surface area contributed by atoms with Gasteiger partial charge in [-0.3, -0.25) is 4.79 Å². The molecule has 110 valence electrons. The Hall–Kier alpha value is -1.65. The monoisotopic (exact) mass is 279 g/mol. The molecule has 0 radical (unpaired) electrons. The highest BCUT2D eigenvalue weighted by molar-refractivity contribution is 5.98. The average Bonchev–Trinajstić information content (AvgIpc) is 2.41. The van der Waals surface area contributed by atoms with E-state index in [1.54, 1.807) is 0 Å². The molecule has 2 N–H and O–H groups in total. The number of hydrogen-bond donors (Lipinski definition) is 2. The molecule has 2 rings (SSSR count). The lowest BCUT2D eigenvalue weighted by molar-refractivity contribution is 0.0921. The summed E-state index contributed by atoms with van der Waals surface area (Å²) in [5, 5.41) is 6.00. The molecule has 1 saturated carbocycles. The van der Waals surface area contributed by atoms with E-state index in [9.17, 15) is 9.18 Å². The van der Waals surface area contributed by atoms with Crippen LogP contribution in [-0.2, 0) is 0 Å². The summed E-state index contributed by atoms with van der Waals surface area (Å²) in [6.07, 6.45) is 5.46. The van der Waals surface area contributed by atoms with E-state index in [2.05, 4.69) is 22.5 Å². The topological polar surface area (TPSA) is 54.0 Å². The number of rotatable bonds is 4. The van der Waals surface area contributed by atoms with Crippen LogP contribution in [0.2, 0.25) is 0 Å². The molecule has 1 amide bonds. The Bertz CT molecular complexity index is 478. The van der Waals surface area contributed by atoms with Gasteiger partial charge in [0, 0.05) is 12.6 Å². The molecular weight excluding hydrogens is 257 g/mol. The molecule has 1 aliphatic rings. The molecule has 0 aromatic carbocycles. The van der Waals surface area contributed by atoms with Crippen molar-refractivity contribution < 1.29 is 9.18 Å². The maximum atomic E-state index is 13.3. The molecule has 1 aromatic heterocycles. The van der Waals surface area contributed by atoms with Crippen molar-refractivity contribution in [2.75, 3.05) is 11.9 Å². The highest BCUT2D eigenvalue weighted by atomic mass is 19.1. The van der Waals surface area contributed by atoms with Gasteiger partial charge in [0.1, 0.15) is 11.6 Å². The first-order chi connectivity index (χ1) is 9.60. The van der Waals surface area contributed by atoms with Gasteiger partial charge in [-0.2, -0.15) is 0 Å². The predicted molar refractivity (Wildman–Crippen MR) is 77.2 cm³/mol. The number of anilines is 1. The largest absolute Gasteiger partial charge is 0.370 e. The van der Waals surface area contributed by atoms with Gasteiger partial charge >= 0.3 is 0 Å².